The Morgan fingerprint density at radius 3 is 2.79 bits per heavy atom. The third-order valence-electron chi connectivity index (χ3n) is 4.88. The number of thiophene rings is 1. The van der Waals surface area contributed by atoms with Gasteiger partial charge in [-0.1, -0.05) is 30.9 Å². The van der Waals surface area contributed by atoms with Crippen molar-refractivity contribution in [1.82, 2.24) is 15.2 Å². The Morgan fingerprint density at radius 2 is 2.14 bits per heavy atom. The summed E-state index contributed by atoms with van der Waals surface area (Å²) in [5.41, 5.74) is 1.73. The van der Waals surface area contributed by atoms with Gasteiger partial charge in [-0.2, -0.15) is 0 Å². The van der Waals surface area contributed by atoms with E-state index in [1.54, 1.807) is 0 Å². The van der Waals surface area contributed by atoms with Gasteiger partial charge in [-0.25, -0.2) is 4.98 Å². The summed E-state index contributed by atoms with van der Waals surface area (Å²) in [6.45, 7) is 11.0. The Bertz CT molecular complexity index is 889. The predicted octanol–water partition coefficient (Wildman–Crippen LogP) is 4.20. The van der Waals surface area contributed by atoms with E-state index in [9.17, 15) is 4.79 Å². The average Bonchev–Trinajstić information content (AvgIpc) is 3.27. The number of fused-ring (bicyclic) bond motifs is 1. The summed E-state index contributed by atoms with van der Waals surface area (Å²) in [7, 11) is 0. The number of hydrogen-bond donors (Lipinski definition) is 3. The second-order valence-corrected chi connectivity index (χ2v) is 9.21. The van der Waals surface area contributed by atoms with Crippen molar-refractivity contribution >= 4 is 43.2 Å². The maximum atomic E-state index is 12.5. The molecule has 1 amide bonds. The molecule has 0 spiro atoms. The van der Waals surface area contributed by atoms with Gasteiger partial charge in [0, 0.05) is 31.0 Å². The topological polar surface area (TPSA) is 77.5 Å². The molecule has 3 heterocycles. The number of thiazole rings is 1. The van der Waals surface area contributed by atoms with Crippen LogP contribution in [0.1, 0.15) is 36.4 Å². The molecule has 3 rings (SSSR count). The van der Waals surface area contributed by atoms with Crippen LogP contribution in [0.3, 0.4) is 0 Å². The molecule has 29 heavy (non-hydrogen) atoms. The van der Waals surface area contributed by atoms with Gasteiger partial charge in [0.25, 0.3) is 5.91 Å². The minimum absolute atomic E-state index is 0.0579. The lowest BCUT2D eigenvalue weighted by molar-refractivity contribution is 0.0971. The Kier molecular flexibility index (Phi) is 7.46. The van der Waals surface area contributed by atoms with E-state index in [1.807, 2.05) is 25.1 Å². The van der Waals surface area contributed by atoms with E-state index in [1.165, 1.54) is 35.5 Å². The van der Waals surface area contributed by atoms with Crippen molar-refractivity contribution in [3.63, 3.8) is 0 Å². The molecule has 2 aromatic rings. The molecule has 0 aromatic carbocycles. The number of allylic oxidation sites excluding steroid dienone is 3. The molecule has 2 aromatic heterocycles. The Balaban J connectivity index is 1.56. The third-order valence-corrected chi connectivity index (χ3v) is 6.99. The molecule has 1 aliphatic rings. The molecule has 1 fully saturated rings. The highest BCUT2D eigenvalue weighted by Gasteiger charge is 2.17. The first kappa shape index (κ1) is 21.5. The summed E-state index contributed by atoms with van der Waals surface area (Å²) in [6, 6.07) is 1.85. The maximum absolute atomic E-state index is 12.5. The van der Waals surface area contributed by atoms with Crippen LogP contribution in [-0.4, -0.2) is 47.1 Å². The quantitative estimate of drug-likeness (QED) is 0.545. The molecular weight excluding hydrogens is 404 g/mol. The highest BCUT2D eigenvalue weighted by Crippen LogP contribution is 2.32. The highest BCUT2D eigenvalue weighted by atomic mass is 32.1. The number of nitrogens with zero attached hydrogens (tertiary/aromatic N) is 2. The second-order valence-electron chi connectivity index (χ2n) is 7.15. The van der Waals surface area contributed by atoms with E-state index < -0.39 is 0 Å². The van der Waals surface area contributed by atoms with Crippen LogP contribution in [0.4, 0.5) is 5.13 Å². The summed E-state index contributed by atoms with van der Waals surface area (Å²) >= 11 is 2.83. The van der Waals surface area contributed by atoms with Crippen molar-refractivity contribution in [2.24, 2.45) is 5.92 Å². The fourth-order valence-corrected chi connectivity index (χ4v) is 5.21. The molecule has 0 atom stereocenters. The molecule has 156 valence electrons. The van der Waals surface area contributed by atoms with Gasteiger partial charge < -0.3 is 20.6 Å². The van der Waals surface area contributed by atoms with Gasteiger partial charge in [0.2, 0.25) is 0 Å². The number of likely N-dealkylation sites (tertiary alicyclic amines) is 1. The predicted molar refractivity (Wildman–Crippen MR) is 123 cm³/mol. The van der Waals surface area contributed by atoms with Gasteiger partial charge in [0.05, 0.1) is 16.2 Å². The van der Waals surface area contributed by atoms with Crippen LogP contribution < -0.4 is 10.6 Å². The van der Waals surface area contributed by atoms with E-state index in [0.717, 1.165) is 39.4 Å². The largest absolute Gasteiger partial charge is 0.395 e. The molecule has 1 saturated heterocycles. The van der Waals surface area contributed by atoms with Crippen LogP contribution in [0.15, 0.2) is 42.3 Å². The number of hydrogen-bond acceptors (Lipinski definition) is 7. The number of aromatic nitrogens is 1. The summed E-state index contributed by atoms with van der Waals surface area (Å²) < 4.78 is 0.956. The number of aliphatic hydroxyl groups excluding tert-OH is 1. The fourth-order valence-electron chi connectivity index (χ4n) is 3.17. The van der Waals surface area contributed by atoms with Crippen molar-refractivity contribution in [3.05, 3.63) is 47.1 Å². The lowest BCUT2D eigenvalue weighted by atomic mass is 9.99. The van der Waals surface area contributed by atoms with Crippen LogP contribution in [0, 0.1) is 5.92 Å². The van der Waals surface area contributed by atoms with Crippen LogP contribution >= 0.6 is 22.7 Å². The molecule has 0 radical (unpaired) electrons. The number of amides is 1. The van der Waals surface area contributed by atoms with E-state index in [0.29, 0.717) is 17.1 Å². The van der Waals surface area contributed by atoms with E-state index >= 15 is 0 Å². The maximum Gasteiger partial charge on any atom is 0.265 e. The van der Waals surface area contributed by atoms with Gasteiger partial charge in [0.15, 0.2) is 5.13 Å². The van der Waals surface area contributed by atoms with E-state index in [4.69, 9.17) is 5.11 Å². The molecule has 0 aliphatic carbocycles. The zero-order valence-electron chi connectivity index (χ0n) is 16.9. The summed E-state index contributed by atoms with van der Waals surface area (Å²) in [6.07, 6.45) is 8.40. The number of rotatable bonds is 8. The number of piperidine rings is 1. The van der Waals surface area contributed by atoms with Gasteiger partial charge in [-0.05, 0) is 43.9 Å². The minimum Gasteiger partial charge on any atom is -0.395 e. The molecule has 6 nitrogen and oxygen atoms in total. The Labute approximate surface area is 179 Å². The highest BCUT2D eigenvalue weighted by molar-refractivity contribution is 7.29. The molecule has 0 bridgehead atoms. The first-order valence-corrected chi connectivity index (χ1v) is 11.5. The molecule has 1 aliphatic heterocycles. The SMILES string of the molecule is C=C(/C=C\C(=C/C)N1CCC(C)CC1)NC(=O)c1cc2sc(NCCO)nc2s1. The average molecular weight is 433 g/mol. The zero-order valence-corrected chi connectivity index (χ0v) is 18.5. The number of carbonyl (C=O) groups is 1. The summed E-state index contributed by atoms with van der Waals surface area (Å²) in [5.74, 6) is 0.618. The lowest BCUT2D eigenvalue weighted by Crippen LogP contribution is -2.31. The minimum atomic E-state index is -0.173. The van der Waals surface area contributed by atoms with Gasteiger partial charge in [-0.15, -0.1) is 11.3 Å². The third kappa shape index (κ3) is 5.68. The van der Waals surface area contributed by atoms with Crippen LogP contribution in [0.25, 0.3) is 9.53 Å². The fraction of sp³-hybridized carbons (Fsp3) is 0.429. The normalized spacial score (nSPS) is 16.0. The standard InChI is InChI=1S/C21H28N4O2S2/c1-4-16(25-10-7-14(2)8-11-25)6-5-15(3)23-19(27)17-13-18-20(28-17)24-21(29-18)22-9-12-26/h4-6,13-14,26H,3,7-12H2,1-2H3,(H,22,24)(H,23,27)/b6-5-,16-4+. The smallest absolute Gasteiger partial charge is 0.265 e. The van der Waals surface area contributed by atoms with E-state index in [-0.39, 0.29) is 12.5 Å². The first-order valence-electron chi connectivity index (χ1n) is 9.85. The van der Waals surface area contributed by atoms with Crippen molar-refractivity contribution < 1.29 is 9.90 Å². The van der Waals surface area contributed by atoms with Crippen molar-refractivity contribution in [3.8, 4) is 0 Å². The van der Waals surface area contributed by atoms with Crippen LogP contribution in [0.5, 0.6) is 0 Å². The van der Waals surface area contributed by atoms with Crippen molar-refractivity contribution in [2.75, 3.05) is 31.6 Å². The second kappa shape index (κ2) is 10.0. The monoisotopic (exact) mass is 432 g/mol. The van der Waals surface area contributed by atoms with E-state index in [2.05, 4.69) is 40.1 Å². The molecule has 8 heteroatoms. The number of nitrogens with one attached hydrogen (secondary N) is 2. The number of anilines is 1. The molecule has 3 N–H and O–H groups in total. The van der Waals surface area contributed by atoms with Crippen molar-refractivity contribution in [2.45, 2.75) is 26.7 Å². The zero-order chi connectivity index (χ0) is 20.8. The first-order chi connectivity index (χ1) is 14.0. The summed E-state index contributed by atoms with van der Waals surface area (Å²) in [5, 5.41) is 15.5. The Morgan fingerprint density at radius 1 is 1.38 bits per heavy atom. The van der Waals surface area contributed by atoms with Gasteiger partial charge in [-0.3, -0.25) is 4.79 Å². The van der Waals surface area contributed by atoms with Crippen molar-refractivity contribution in [1.29, 1.82) is 0 Å². The van der Waals surface area contributed by atoms with Gasteiger partial charge in [0.1, 0.15) is 4.83 Å². The van der Waals surface area contributed by atoms with Crippen LogP contribution in [-0.2, 0) is 0 Å². The lowest BCUT2D eigenvalue weighted by Gasteiger charge is -2.32. The number of carbonyl (C=O) groups excluding carboxylic acids is 1. The molecule has 0 saturated carbocycles. The summed E-state index contributed by atoms with van der Waals surface area (Å²) in [4.78, 5) is 20.8. The Hall–Kier alpha value is -2.16. The van der Waals surface area contributed by atoms with Gasteiger partial charge >= 0.3 is 0 Å². The number of aliphatic hydroxyl groups is 1. The molecule has 0 unspecified atom stereocenters. The molecular formula is C21H28N4O2S2. The van der Waals surface area contributed by atoms with Crippen LogP contribution in [0.2, 0.25) is 0 Å².